The second-order valence-electron chi connectivity index (χ2n) is 4.68. The molecule has 0 spiro atoms. The van der Waals surface area contributed by atoms with Crippen molar-refractivity contribution in [3.05, 3.63) is 0 Å². The minimum Gasteiger partial charge on any atom is -0.395 e. The number of aliphatic hydroxyl groups is 1. The summed E-state index contributed by atoms with van der Waals surface area (Å²) in [6, 6.07) is 1.09. The summed E-state index contributed by atoms with van der Waals surface area (Å²) in [6.45, 7) is 4.47. The first-order chi connectivity index (χ1) is 7.27. The van der Waals surface area contributed by atoms with Gasteiger partial charge < -0.3 is 10.8 Å². The van der Waals surface area contributed by atoms with Gasteiger partial charge in [-0.25, -0.2) is 0 Å². The molecule has 0 unspecified atom stereocenters. The Balaban J connectivity index is 2.33. The molecular weight excluding hydrogens is 188 g/mol. The summed E-state index contributed by atoms with van der Waals surface area (Å²) >= 11 is 0. The van der Waals surface area contributed by atoms with Crippen LogP contribution in [0.3, 0.4) is 0 Å². The summed E-state index contributed by atoms with van der Waals surface area (Å²) in [6.07, 6.45) is 7.20. The van der Waals surface area contributed by atoms with Crippen LogP contribution in [0.15, 0.2) is 0 Å². The molecule has 0 aromatic carbocycles. The van der Waals surface area contributed by atoms with E-state index in [-0.39, 0.29) is 6.61 Å². The molecule has 15 heavy (non-hydrogen) atoms. The molecule has 1 aliphatic carbocycles. The lowest BCUT2D eigenvalue weighted by atomic mass is 9.90. The second kappa shape index (κ2) is 7.20. The molecule has 0 amide bonds. The molecule has 3 N–H and O–H groups in total. The summed E-state index contributed by atoms with van der Waals surface area (Å²) in [4.78, 5) is 2.45. The third-order valence-corrected chi connectivity index (χ3v) is 3.44. The van der Waals surface area contributed by atoms with Gasteiger partial charge in [0, 0.05) is 18.6 Å². The van der Waals surface area contributed by atoms with E-state index >= 15 is 0 Å². The minimum absolute atomic E-state index is 0.284. The van der Waals surface area contributed by atoms with Gasteiger partial charge in [-0.15, -0.1) is 0 Å². The topological polar surface area (TPSA) is 49.5 Å². The summed E-state index contributed by atoms with van der Waals surface area (Å²) in [5.74, 6) is 0. The predicted octanol–water partition coefficient (Wildman–Crippen LogP) is 1.35. The van der Waals surface area contributed by atoms with Crippen molar-refractivity contribution in [3.8, 4) is 0 Å². The zero-order valence-corrected chi connectivity index (χ0v) is 9.99. The van der Waals surface area contributed by atoms with Gasteiger partial charge in [-0.2, -0.15) is 0 Å². The SMILES string of the molecule is CCCCN(CCO)C1CCC(N)CC1. The quantitative estimate of drug-likeness (QED) is 0.702. The highest BCUT2D eigenvalue weighted by Gasteiger charge is 2.23. The maximum Gasteiger partial charge on any atom is 0.0558 e. The molecule has 1 aliphatic rings. The first kappa shape index (κ1) is 12.9. The lowest BCUT2D eigenvalue weighted by molar-refractivity contribution is 0.118. The molecule has 0 atom stereocenters. The molecular formula is C12H26N2O. The van der Waals surface area contributed by atoms with E-state index in [1.165, 1.54) is 25.7 Å². The summed E-state index contributed by atoms with van der Waals surface area (Å²) in [5.41, 5.74) is 5.90. The van der Waals surface area contributed by atoms with Crippen molar-refractivity contribution >= 4 is 0 Å². The lowest BCUT2D eigenvalue weighted by Crippen LogP contribution is -2.42. The minimum atomic E-state index is 0.284. The largest absolute Gasteiger partial charge is 0.395 e. The molecule has 3 heteroatoms. The van der Waals surface area contributed by atoms with Crippen LogP contribution in [-0.2, 0) is 0 Å². The number of aliphatic hydroxyl groups excluding tert-OH is 1. The van der Waals surface area contributed by atoms with Gasteiger partial charge in [0.1, 0.15) is 0 Å². The zero-order valence-electron chi connectivity index (χ0n) is 9.99. The van der Waals surface area contributed by atoms with Crippen LogP contribution in [0.4, 0.5) is 0 Å². The van der Waals surface area contributed by atoms with E-state index < -0.39 is 0 Å². The van der Waals surface area contributed by atoms with Gasteiger partial charge in [-0.05, 0) is 38.6 Å². The van der Waals surface area contributed by atoms with Gasteiger partial charge in [-0.1, -0.05) is 13.3 Å². The Bertz CT molecular complexity index is 156. The maximum absolute atomic E-state index is 9.05. The number of unbranched alkanes of at least 4 members (excludes halogenated alkanes) is 1. The summed E-state index contributed by atoms with van der Waals surface area (Å²) in [5, 5.41) is 9.05. The Kier molecular flexibility index (Phi) is 6.22. The Morgan fingerprint density at radius 3 is 2.40 bits per heavy atom. The number of rotatable bonds is 6. The molecule has 0 saturated heterocycles. The van der Waals surface area contributed by atoms with Crippen molar-refractivity contribution in [2.75, 3.05) is 19.7 Å². The normalized spacial score (nSPS) is 27.2. The Morgan fingerprint density at radius 2 is 1.87 bits per heavy atom. The standard InChI is InChI=1S/C12H26N2O/c1-2-3-8-14(9-10-15)12-6-4-11(13)5-7-12/h11-12,15H,2-10,13H2,1H3. The molecule has 0 aliphatic heterocycles. The Morgan fingerprint density at radius 1 is 1.20 bits per heavy atom. The van der Waals surface area contributed by atoms with Gasteiger partial charge in [0.25, 0.3) is 0 Å². The highest BCUT2D eigenvalue weighted by molar-refractivity contribution is 4.81. The highest BCUT2D eigenvalue weighted by atomic mass is 16.3. The fourth-order valence-electron chi connectivity index (χ4n) is 2.43. The van der Waals surface area contributed by atoms with Crippen molar-refractivity contribution in [2.24, 2.45) is 5.73 Å². The van der Waals surface area contributed by atoms with Crippen molar-refractivity contribution in [1.29, 1.82) is 0 Å². The fourth-order valence-corrected chi connectivity index (χ4v) is 2.43. The third-order valence-electron chi connectivity index (χ3n) is 3.44. The van der Waals surface area contributed by atoms with E-state index in [0.29, 0.717) is 12.1 Å². The Hall–Kier alpha value is -0.120. The van der Waals surface area contributed by atoms with Crippen molar-refractivity contribution in [3.63, 3.8) is 0 Å². The van der Waals surface area contributed by atoms with E-state index in [1.807, 2.05) is 0 Å². The van der Waals surface area contributed by atoms with Gasteiger partial charge in [-0.3, -0.25) is 4.90 Å². The van der Waals surface area contributed by atoms with Crippen LogP contribution in [0.25, 0.3) is 0 Å². The fraction of sp³-hybridized carbons (Fsp3) is 1.00. The molecule has 1 fully saturated rings. The summed E-state index contributed by atoms with van der Waals surface area (Å²) < 4.78 is 0. The van der Waals surface area contributed by atoms with Crippen LogP contribution in [0.1, 0.15) is 45.4 Å². The molecule has 1 saturated carbocycles. The molecule has 3 nitrogen and oxygen atoms in total. The molecule has 0 radical (unpaired) electrons. The van der Waals surface area contributed by atoms with Crippen molar-refractivity contribution in [2.45, 2.75) is 57.5 Å². The van der Waals surface area contributed by atoms with E-state index in [2.05, 4.69) is 11.8 Å². The van der Waals surface area contributed by atoms with Crippen molar-refractivity contribution in [1.82, 2.24) is 4.90 Å². The first-order valence-corrected chi connectivity index (χ1v) is 6.38. The van der Waals surface area contributed by atoms with Gasteiger partial charge in [0.2, 0.25) is 0 Å². The number of hydrogen-bond donors (Lipinski definition) is 2. The first-order valence-electron chi connectivity index (χ1n) is 6.38. The monoisotopic (exact) mass is 214 g/mol. The zero-order chi connectivity index (χ0) is 11.1. The van der Waals surface area contributed by atoms with Crippen molar-refractivity contribution < 1.29 is 5.11 Å². The number of hydrogen-bond acceptors (Lipinski definition) is 3. The highest BCUT2D eigenvalue weighted by Crippen LogP contribution is 2.22. The average molecular weight is 214 g/mol. The van der Waals surface area contributed by atoms with E-state index in [1.54, 1.807) is 0 Å². The van der Waals surface area contributed by atoms with Gasteiger partial charge in [0.05, 0.1) is 6.61 Å². The number of nitrogens with zero attached hydrogens (tertiary/aromatic N) is 1. The van der Waals surface area contributed by atoms with Crippen LogP contribution in [0, 0.1) is 0 Å². The van der Waals surface area contributed by atoms with Gasteiger partial charge >= 0.3 is 0 Å². The third kappa shape index (κ3) is 4.49. The Labute approximate surface area is 93.6 Å². The smallest absolute Gasteiger partial charge is 0.0558 e. The van der Waals surface area contributed by atoms with Crippen LogP contribution in [0.5, 0.6) is 0 Å². The lowest BCUT2D eigenvalue weighted by Gasteiger charge is -2.35. The number of nitrogens with two attached hydrogens (primary N) is 1. The molecule has 1 rings (SSSR count). The molecule has 90 valence electrons. The van der Waals surface area contributed by atoms with Crippen LogP contribution >= 0.6 is 0 Å². The van der Waals surface area contributed by atoms with E-state index in [9.17, 15) is 0 Å². The maximum atomic E-state index is 9.05. The molecule has 0 aromatic rings. The van der Waals surface area contributed by atoms with E-state index in [0.717, 1.165) is 25.9 Å². The van der Waals surface area contributed by atoms with Crippen LogP contribution in [-0.4, -0.2) is 41.8 Å². The average Bonchev–Trinajstić information content (AvgIpc) is 2.25. The van der Waals surface area contributed by atoms with E-state index in [4.69, 9.17) is 10.8 Å². The second-order valence-corrected chi connectivity index (χ2v) is 4.68. The molecule has 0 aromatic heterocycles. The predicted molar refractivity (Wildman–Crippen MR) is 63.8 cm³/mol. The summed E-state index contributed by atoms with van der Waals surface area (Å²) in [7, 11) is 0. The van der Waals surface area contributed by atoms with Gasteiger partial charge in [0.15, 0.2) is 0 Å². The van der Waals surface area contributed by atoms with Crippen LogP contribution in [0.2, 0.25) is 0 Å². The molecule has 0 bridgehead atoms. The van der Waals surface area contributed by atoms with Crippen LogP contribution < -0.4 is 5.73 Å². The molecule has 0 heterocycles.